The van der Waals surface area contributed by atoms with Crippen LogP contribution in [0, 0.1) is 27.7 Å². The molecule has 0 spiro atoms. The molecule has 2 aromatic heterocycles. The van der Waals surface area contributed by atoms with Gasteiger partial charge in [-0.25, -0.2) is 19.9 Å². The third kappa shape index (κ3) is 14.1. The van der Waals surface area contributed by atoms with E-state index in [9.17, 15) is 0 Å². The fraction of sp³-hybridized carbons (Fsp3) is 0.222. The van der Waals surface area contributed by atoms with Crippen LogP contribution in [-0.2, 0) is 0 Å². The third-order valence-electron chi connectivity index (χ3n) is 6.29. The van der Waals surface area contributed by atoms with Crippen molar-refractivity contribution in [2.75, 3.05) is 11.1 Å². The molecular weight excluding hydrogens is 616 g/mol. The molecule has 0 aliphatic heterocycles. The predicted octanol–water partition coefficient (Wildman–Crippen LogP) is 6.91. The smallest absolute Gasteiger partial charge is 0.141 e. The van der Waals surface area contributed by atoms with Gasteiger partial charge in [-0.2, -0.15) is 0 Å². The van der Waals surface area contributed by atoms with E-state index < -0.39 is 0 Å². The lowest BCUT2D eigenvalue weighted by atomic mass is 10.1. The summed E-state index contributed by atoms with van der Waals surface area (Å²) in [4.78, 5) is 16.8. The number of halogens is 1. The highest BCUT2D eigenvalue weighted by Gasteiger charge is 2.06. The van der Waals surface area contributed by atoms with Crippen LogP contribution in [0.1, 0.15) is 49.9 Å². The molecule has 4 aromatic carbocycles. The van der Waals surface area contributed by atoms with E-state index in [0.29, 0.717) is 5.15 Å². The van der Waals surface area contributed by atoms with Gasteiger partial charge in [-0.3, -0.25) is 0 Å². The van der Waals surface area contributed by atoms with Crippen molar-refractivity contribution in [2.24, 2.45) is 0 Å². The van der Waals surface area contributed by atoms with Crippen molar-refractivity contribution in [3.05, 3.63) is 125 Å². The van der Waals surface area contributed by atoms with Gasteiger partial charge >= 0.3 is 0 Å². The molecule has 2 heterocycles. The largest absolute Gasteiger partial charge is 0.412 e. The number of nitrogens with two attached hydrogens (primary N) is 1. The van der Waals surface area contributed by atoms with Gasteiger partial charge in [0.2, 0.25) is 0 Å². The average molecular weight is 667 g/mol. The lowest BCUT2D eigenvalue weighted by Gasteiger charge is -2.09. The molecule has 0 aliphatic rings. The number of nitrogen functional groups attached to an aromatic ring is 1. The SMILES string of the molecule is CC.CC.Cc1cc2ncnc(Cl)c2cc1C.Cc1cc2ncnc(Nc3ccccc3)c2cc1C.Nc1ccccc1.O.O.O.O. The van der Waals surface area contributed by atoms with E-state index in [1.807, 2.05) is 100 Å². The standard InChI is InChI=1S/C16H15N3.C10H9ClN2.C6H7N.2C2H6.4H2O/c1-11-8-14-15(9-12(11)2)17-10-18-16(14)19-13-6-4-3-5-7-13;1-6-3-8-9(4-7(6)2)12-5-13-10(8)11;7-6-4-2-1-3-5-6;2*1-2;;;;/h3-10H,1-2H3,(H,17,18,19);3-5H,1-2H3;1-5H,7H2;2*1-2H3;4*1H2. The maximum absolute atomic E-state index is 5.93. The second kappa shape index (κ2) is 24.5. The van der Waals surface area contributed by atoms with Crippen LogP contribution in [0.5, 0.6) is 0 Å². The van der Waals surface area contributed by atoms with Gasteiger partial charge in [-0.1, -0.05) is 75.7 Å². The minimum atomic E-state index is 0. The zero-order chi connectivity index (χ0) is 31.8. The van der Waals surface area contributed by atoms with Crippen LogP contribution in [0.15, 0.2) is 97.6 Å². The number of para-hydroxylation sites is 2. The number of aryl methyl sites for hydroxylation is 4. The number of fused-ring (bicyclic) bond motifs is 2. The van der Waals surface area contributed by atoms with Gasteiger partial charge in [0.25, 0.3) is 0 Å². The summed E-state index contributed by atoms with van der Waals surface area (Å²) in [5, 5.41) is 5.84. The lowest BCUT2D eigenvalue weighted by molar-refractivity contribution is 0.823. The van der Waals surface area contributed by atoms with Crippen LogP contribution in [0.2, 0.25) is 5.15 Å². The molecule has 11 heteroatoms. The molecule has 0 radical (unpaired) electrons. The first-order valence-corrected chi connectivity index (χ1v) is 14.9. The number of aromatic nitrogens is 4. The Morgan fingerprint density at radius 1 is 0.532 bits per heavy atom. The summed E-state index contributed by atoms with van der Waals surface area (Å²) in [5.74, 6) is 0.847. The molecule has 256 valence electrons. The summed E-state index contributed by atoms with van der Waals surface area (Å²) in [6.45, 7) is 16.3. The molecule has 0 bridgehead atoms. The van der Waals surface area contributed by atoms with Crippen molar-refractivity contribution in [1.82, 2.24) is 19.9 Å². The van der Waals surface area contributed by atoms with Crippen LogP contribution in [0.25, 0.3) is 21.8 Å². The number of benzene rings is 4. The number of hydrogen-bond donors (Lipinski definition) is 2. The Balaban J connectivity index is -0.000000608. The van der Waals surface area contributed by atoms with Crippen molar-refractivity contribution in [3.63, 3.8) is 0 Å². The minimum Gasteiger partial charge on any atom is -0.412 e. The average Bonchev–Trinajstić information content (AvgIpc) is 3.03. The molecule has 0 amide bonds. The number of rotatable bonds is 2. The van der Waals surface area contributed by atoms with E-state index in [1.54, 1.807) is 6.33 Å². The van der Waals surface area contributed by atoms with Gasteiger partial charge in [0.05, 0.1) is 11.0 Å². The first-order valence-electron chi connectivity index (χ1n) is 14.5. The number of hydrogen-bond acceptors (Lipinski definition) is 6. The van der Waals surface area contributed by atoms with Crippen molar-refractivity contribution in [3.8, 4) is 0 Å². The van der Waals surface area contributed by atoms with Crippen LogP contribution in [0.4, 0.5) is 17.2 Å². The van der Waals surface area contributed by atoms with Crippen molar-refractivity contribution in [2.45, 2.75) is 55.4 Å². The predicted molar refractivity (Wildman–Crippen MR) is 201 cm³/mol. The summed E-state index contributed by atoms with van der Waals surface area (Å²) < 4.78 is 0. The number of nitrogens with zero attached hydrogens (tertiary/aromatic N) is 4. The summed E-state index contributed by atoms with van der Waals surface area (Å²) in [6.07, 6.45) is 3.09. The highest BCUT2D eigenvalue weighted by molar-refractivity contribution is 6.34. The van der Waals surface area contributed by atoms with Crippen molar-refractivity contribution in [1.29, 1.82) is 0 Å². The summed E-state index contributed by atoms with van der Waals surface area (Å²) >= 11 is 5.93. The Hall–Kier alpha value is -4.71. The van der Waals surface area contributed by atoms with Crippen molar-refractivity contribution >= 4 is 50.6 Å². The first-order chi connectivity index (χ1) is 20.8. The maximum Gasteiger partial charge on any atom is 0.141 e. The van der Waals surface area contributed by atoms with Gasteiger partial charge in [0.1, 0.15) is 23.6 Å². The Labute approximate surface area is 283 Å². The highest BCUT2D eigenvalue weighted by Crippen LogP contribution is 2.25. The van der Waals surface area contributed by atoms with E-state index in [2.05, 4.69) is 65.1 Å². The zero-order valence-electron chi connectivity index (χ0n) is 28.5. The van der Waals surface area contributed by atoms with E-state index >= 15 is 0 Å². The molecule has 10 nitrogen and oxygen atoms in total. The molecule has 6 aromatic rings. The Bertz CT molecular complexity index is 1710. The zero-order valence-corrected chi connectivity index (χ0v) is 29.2. The molecule has 0 fully saturated rings. The van der Waals surface area contributed by atoms with Gasteiger partial charge in [-0.05, 0) is 98.5 Å². The van der Waals surface area contributed by atoms with Crippen LogP contribution < -0.4 is 11.1 Å². The molecule has 47 heavy (non-hydrogen) atoms. The topological polar surface area (TPSA) is 216 Å². The van der Waals surface area contributed by atoms with Crippen LogP contribution >= 0.6 is 11.6 Å². The molecule has 0 unspecified atom stereocenters. The van der Waals surface area contributed by atoms with E-state index in [1.165, 1.54) is 28.6 Å². The van der Waals surface area contributed by atoms with E-state index in [-0.39, 0.29) is 21.9 Å². The molecule has 0 atom stereocenters. The summed E-state index contributed by atoms with van der Waals surface area (Å²) in [7, 11) is 0. The molecular formula is C36H51ClN6O4. The molecule has 6 rings (SSSR count). The first kappa shape index (κ1) is 46.7. The Kier molecular flexibility index (Phi) is 24.4. The fourth-order valence-electron chi connectivity index (χ4n) is 3.81. The minimum absolute atomic E-state index is 0. The monoisotopic (exact) mass is 666 g/mol. The quantitative estimate of drug-likeness (QED) is 0.148. The third-order valence-corrected chi connectivity index (χ3v) is 6.59. The normalized spacial score (nSPS) is 8.79. The highest BCUT2D eigenvalue weighted by atomic mass is 35.5. The number of anilines is 3. The van der Waals surface area contributed by atoms with Crippen molar-refractivity contribution < 1.29 is 21.9 Å². The molecule has 0 saturated carbocycles. The second-order valence-electron chi connectivity index (χ2n) is 9.20. The molecule has 0 saturated heterocycles. The number of nitrogens with one attached hydrogen (secondary N) is 1. The summed E-state index contributed by atoms with van der Waals surface area (Å²) in [6, 6.07) is 27.8. The van der Waals surface area contributed by atoms with Crippen LogP contribution in [-0.4, -0.2) is 41.8 Å². The van der Waals surface area contributed by atoms with Gasteiger partial charge in [0.15, 0.2) is 0 Å². The summed E-state index contributed by atoms with van der Waals surface area (Å²) in [5.41, 5.74) is 14.0. The van der Waals surface area contributed by atoms with Gasteiger partial charge < -0.3 is 33.0 Å². The molecule has 0 aliphatic carbocycles. The Morgan fingerprint density at radius 3 is 1.40 bits per heavy atom. The van der Waals surface area contributed by atoms with E-state index in [4.69, 9.17) is 17.3 Å². The Morgan fingerprint density at radius 2 is 0.936 bits per heavy atom. The molecule has 11 N–H and O–H groups in total. The second-order valence-corrected chi connectivity index (χ2v) is 9.55. The fourth-order valence-corrected chi connectivity index (χ4v) is 4.01. The van der Waals surface area contributed by atoms with Gasteiger partial charge in [-0.15, -0.1) is 0 Å². The van der Waals surface area contributed by atoms with Crippen LogP contribution in [0.3, 0.4) is 0 Å². The van der Waals surface area contributed by atoms with Gasteiger partial charge in [0, 0.05) is 22.1 Å². The maximum atomic E-state index is 5.93. The lowest BCUT2D eigenvalue weighted by Crippen LogP contribution is -1.96. The van der Waals surface area contributed by atoms with E-state index in [0.717, 1.165) is 39.0 Å².